The molecule has 0 unspecified atom stereocenters. The second kappa shape index (κ2) is 3.41. The van der Waals surface area contributed by atoms with Crippen LogP contribution >= 0.6 is 11.3 Å². The minimum absolute atomic E-state index is 0.120. The van der Waals surface area contributed by atoms with Gasteiger partial charge in [-0.15, -0.1) is 0 Å². The lowest BCUT2D eigenvalue weighted by atomic mass is 10.4. The quantitative estimate of drug-likeness (QED) is 0.539. The molecule has 1 aromatic rings. The zero-order valence-electron chi connectivity index (χ0n) is 6.63. The van der Waals surface area contributed by atoms with Gasteiger partial charge in [-0.2, -0.15) is 0 Å². The third kappa shape index (κ3) is 1.69. The molecule has 0 aliphatic carbocycles. The van der Waals surface area contributed by atoms with Crippen LogP contribution in [0.1, 0.15) is 11.2 Å². The van der Waals surface area contributed by atoms with Crippen molar-refractivity contribution in [3.8, 4) is 0 Å². The van der Waals surface area contributed by atoms with Crippen LogP contribution in [0.2, 0.25) is 0 Å². The Morgan fingerprint density at radius 2 is 2.15 bits per heavy atom. The van der Waals surface area contributed by atoms with Crippen LogP contribution in [-0.4, -0.2) is 18.1 Å². The molecule has 0 amide bonds. The molecule has 0 aromatic carbocycles. The van der Waals surface area contributed by atoms with Crippen molar-refractivity contribution < 1.29 is 14.4 Å². The van der Waals surface area contributed by atoms with E-state index in [9.17, 15) is 10.1 Å². The van der Waals surface area contributed by atoms with Crippen LogP contribution in [0.4, 0.5) is 5.00 Å². The van der Waals surface area contributed by atoms with Crippen LogP contribution < -0.4 is 0 Å². The van der Waals surface area contributed by atoms with Gasteiger partial charge in [-0.25, -0.2) is 0 Å². The lowest BCUT2D eigenvalue weighted by molar-refractivity contribution is -0.380. The van der Waals surface area contributed by atoms with Crippen LogP contribution in [0.25, 0.3) is 0 Å². The highest BCUT2D eigenvalue weighted by Crippen LogP contribution is 2.32. The van der Waals surface area contributed by atoms with E-state index < -0.39 is 11.2 Å². The van der Waals surface area contributed by atoms with Crippen molar-refractivity contribution in [2.75, 3.05) is 13.2 Å². The van der Waals surface area contributed by atoms with E-state index in [2.05, 4.69) is 0 Å². The summed E-state index contributed by atoms with van der Waals surface area (Å²) in [7, 11) is 0. The third-order valence-electron chi connectivity index (χ3n) is 1.65. The standard InChI is InChI=1S/C7H7NO4S/c9-8(10)6-2-1-5(13-6)7-11-3-4-12-7/h1-2,7H,3-4H2. The first-order valence-electron chi connectivity index (χ1n) is 3.75. The van der Waals surface area contributed by atoms with Crippen molar-refractivity contribution in [1.29, 1.82) is 0 Å². The van der Waals surface area contributed by atoms with Gasteiger partial charge in [-0.3, -0.25) is 10.1 Å². The first kappa shape index (κ1) is 8.61. The number of hydrogen-bond donors (Lipinski definition) is 0. The third-order valence-corrected chi connectivity index (χ3v) is 2.71. The summed E-state index contributed by atoms with van der Waals surface area (Å²) in [5.41, 5.74) is 0. The predicted molar refractivity (Wildman–Crippen MR) is 45.6 cm³/mol. The molecule has 1 aliphatic heterocycles. The largest absolute Gasteiger partial charge is 0.345 e. The molecular formula is C7H7NO4S. The van der Waals surface area contributed by atoms with Gasteiger partial charge in [-0.05, 0) is 6.07 Å². The van der Waals surface area contributed by atoms with E-state index in [1.165, 1.54) is 6.07 Å². The highest BCUT2D eigenvalue weighted by Gasteiger charge is 2.22. The van der Waals surface area contributed by atoms with E-state index in [1.807, 2.05) is 0 Å². The fourth-order valence-electron chi connectivity index (χ4n) is 1.09. The summed E-state index contributed by atoms with van der Waals surface area (Å²) in [6.07, 6.45) is -0.404. The van der Waals surface area contributed by atoms with Crippen molar-refractivity contribution in [1.82, 2.24) is 0 Å². The lowest BCUT2D eigenvalue weighted by Gasteiger charge is -2.03. The van der Waals surface area contributed by atoms with E-state index in [0.717, 1.165) is 16.2 Å². The number of ether oxygens (including phenoxy) is 2. The monoisotopic (exact) mass is 201 g/mol. The summed E-state index contributed by atoms with van der Waals surface area (Å²) in [6.45, 7) is 1.10. The van der Waals surface area contributed by atoms with Gasteiger partial charge in [0.1, 0.15) is 0 Å². The topological polar surface area (TPSA) is 61.6 Å². The SMILES string of the molecule is O=[N+]([O-])c1ccc(C2OCCO2)s1. The van der Waals surface area contributed by atoms with Crippen molar-refractivity contribution in [3.63, 3.8) is 0 Å². The van der Waals surface area contributed by atoms with Gasteiger partial charge in [0.25, 0.3) is 0 Å². The molecule has 0 radical (unpaired) electrons. The molecule has 70 valence electrons. The minimum Gasteiger partial charge on any atom is -0.345 e. The summed E-state index contributed by atoms with van der Waals surface area (Å²) in [5.74, 6) is 0. The number of nitro groups is 1. The molecule has 1 saturated heterocycles. The van der Waals surface area contributed by atoms with E-state index in [-0.39, 0.29) is 5.00 Å². The molecular weight excluding hydrogens is 194 g/mol. The van der Waals surface area contributed by atoms with Gasteiger partial charge in [0.05, 0.1) is 23.0 Å². The zero-order chi connectivity index (χ0) is 9.26. The molecule has 0 N–H and O–H groups in total. The molecule has 6 heteroatoms. The van der Waals surface area contributed by atoms with Gasteiger partial charge >= 0.3 is 5.00 Å². The van der Waals surface area contributed by atoms with Gasteiger partial charge < -0.3 is 9.47 Å². The zero-order valence-corrected chi connectivity index (χ0v) is 7.45. The average molecular weight is 201 g/mol. The second-order valence-corrected chi connectivity index (χ2v) is 3.60. The van der Waals surface area contributed by atoms with Gasteiger partial charge in [0.2, 0.25) is 0 Å². The first-order valence-corrected chi connectivity index (χ1v) is 4.56. The van der Waals surface area contributed by atoms with Crippen molar-refractivity contribution in [2.45, 2.75) is 6.29 Å². The Morgan fingerprint density at radius 3 is 2.69 bits per heavy atom. The van der Waals surface area contributed by atoms with Crippen molar-refractivity contribution >= 4 is 16.3 Å². The van der Waals surface area contributed by atoms with E-state index in [0.29, 0.717) is 13.2 Å². The Balaban J connectivity index is 2.16. The fraction of sp³-hybridized carbons (Fsp3) is 0.429. The predicted octanol–water partition coefficient (Wildman–Crippen LogP) is 1.70. The number of hydrogen-bond acceptors (Lipinski definition) is 5. The number of nitrogens with zero attached hydrogens (tertiary/aromatic N) is 1. The minimum atomic E-state index is -0.414. The summed E-state index contributed by atoms with van der Waals surface area (Å²) >= 11 is 1.09. The molecule has 13 heavy (non-hydrogen) atoms. The highest BCUT2D eigenvalue weighted by atomic mass is 32.1. The van der Waals surface area contributed by atoms with Gasteiger partial charge in [0.15, 0.2) is 6.29 Å². The molecule has 0 atom stereocenters. The van der Waals surface area contributed by atoms with Crippen LogP contribution in [0, 0.1) is 10.1 Å². The van der Waals surface area contributed by atoms with Crippen LogP contribution in [0.15, 0.2) is 12.1 Å². The lowest BCUT2D eigenvalue weighted by Crippen LogP contribution is -1.93. The van der Waals surface area contributed by atoms with Crippen molar-refractivity contribution in [3.05, 3.63) is 27.1 Å². The van der Waals surface area contributed by atoms with E-state index >= 15 is 0 Å². The summed E-state index contributed by atoms with van der Waals surface area (Å²) < 4.78 is 10.4. The smallest absolute Gasteiger partial charge is 0.324 e. The molecule has 0 saturated carbocycles. The first-order chi connectivity index (χ1) is 6.27. The van der Waals surface area contributed by atoms with Crippen molar-refractivity contribution in [2.24, 2.45) is 0 Å². The maximum Gasteiger partial charge on any atom is 0.324 e. The Bertz CT molecular complexity index is 318. The normalized spacial score (nSPS) is 17.8. The molecule has 1 aliphatic rings. The Kier molecular flexibility index (Phi) is 2.26. The molecule has 1 aromatic heterocycles. The summed E-state index contributed by atoms with van der Waals surface area (Å²) in [5, 5.41) is 10.5. The molecule has 0 bridgehead atoms. The maximum atomic E-state index is 10.4. The second-order valence-electron chi connectivity index (χ2n) is 2.51. The molecule has 0 spiro atoms. The summed E-state index contributed by atoms with van der Waals surface area (Å²) in [4.78, 5) is 10.7. The average Bonchev–Trinajstić information content (AvgIpc) is 2.75. The number of thiophene rings is 1. The summed E-state index contributed by atoms with van der Waals surface area (Å²) in [6, 6.07) is 3.13. The maximum absolute atomic E-state index is 10.4. The Labute approximate surface area is 78.0 Å². The fourth-order valence-corrected chi connectivity index (χ4v) is 1.91. The number of rotatable bonds is 2. The molecule has 2 heterocycles. The van der Waals surface area contributed by atoms with Gasteiger partial charge in [-0.1, -0.05) is 11.3 Å². The molecule has 2 rings (SSSR count). The van der Waals surface area contributed by atoms with Gasteiger partial charge in [0, 0.05) is 6.07 Å². The Morgan fingerprint density at radius 1 is 1.46 bits per heavy atom. The van der Waals surface area contributed by atoms with Crippen LogP contribution in [0.3, 0.4) is 0 Å². The molecule has 1 fully saturated rings. The van der Waals surface area contributed by atoms with Crippen LogP contribution in [0.5, 0.6) is 0 Å². The van der Waals surface area contributed by atoms with Crippen LogP contribution in [-0.2, 0) is 9.47 Å². The van der Waals surface area contributed by atoms with E-state index in [4.69, 9.17) is 9.47 Å². The Hall–Kier alpha value is -0.980. The molecule has 5 nitrogen and oxygen atoms in total. The van der Waals surface area contributed by atoms with E-state index in [1.54, 1.807) is 6.07 Å². The highest BCUT2D eigenvalue weighted by molar-refractivity contribution is 7.15.